The zero-order valence-corrected chi connectivity index (χ0v) is 9.36. The number of aldehydes is 1. The van der Waals surface area contributed by atoms with Gasteiger partial charge in [-0.2, -0.15) is 0 Å². The van der Waals surface area contributed by atoms with E-state index in [-0.39, 0.29) is 0 Å². The zero-order valence-electron chi connectivity index (χ0n) is 9.36. The zero-order chi connectivity index (χ0) is 12.0. The molecular formula is C12H14O4. The van der Waals surface area contributed by atoms with Crippen LogP contribution in [-0.2, 0) is 0 Å². The third-order valence-electron chi connectivity index (χ3n) is 1.96. The van der Waals surface area contributed by atoms with E-state index in [1.165, 1.54) is 14.2 Å². The summed E-state index contributed by atoms with van der Waals surface area (Å²) in [5, 5.41) is 0. The average Bonchev–Trinajstić information content (AvgIpc) is 2.35. The maximum Gasteiger partial charge on any atom is 0.203 e. The van der Waals surface area contributed by atoms with Gasteiger partial charge in [0.1, 0.15) is 12.9 Å². The fourth-order valence-electron chi connectivity index (χ4n) is 1.25. The summed E-state index contributed by atoms with van der Waals surface area (Å²) in [5.41, 5.74) is 0.472. The molecule has 0 aliphatic heterocycles. The second kappa shape index (κ2) is 5.80. The smallest absolute Gasteiger partial charge is 0.203 e. The number of hydrogen-bond donors (Lipinski definition) is 0. The predicted octanol–water partition coefficient (Wildman–Crippen LogP) is 2.08. The van der Waals surface area contributed by atoms with Crippen molar-refractivity contribution in [3.63, 3.8) is 0 Å². The minimum absolute atomic E-state index is 0.340. The van der Waals surface area contributed by atoms with Crippen molar-refractivity contribution in [3.8, 4) is 17.2 Å². The summed E-state index contributed by atoms with van der Waals surface area (Å²) in [7, 11) is 3.01. The average molecular weight is 222 g/mol. The number of methoxy groups -OCH3 is 2. The lowest BCUT2D eigenvalue weighted by atomic mass is 10.2. The molecule has 0 amide bonds. The first-order chi connectivity index (χ1) is 7.76. The van der Waals surface area contributed by atoms with Crippen LogP contribution in [0.3, 0.4) is 0 Å². The van der Waals surface area contributed by atoms with Crippen molar-refractivity contribution in [2.45, 2.75) is 0 Å². The van der Waals surface area contributed by atoms with E-state index in [0.717, 1.165) is 6.29 Å². The maximum absolute atomic E-state index is 10.7. The van der Waals surface area contributed by atoms with Crippen molar-refractivity contribution in [1.29, 1.82) is 0 Å². The van der Waals surface area contributed by atoms with Gasteiger partial charge in [-0.25, -0.2) is 0 Å². The van der Waals surface area contributed by atoms with Crippen molar-refractivity contribution in [2.24, 2.45) is 0 Å². The lowest BCUT2D eigenvalue weighted by Gasteiger charge is -2.13. The number of benzene rings is 1. The fraction of sp³-hybridized carbons (Fsp3) is 0.250. The second-order valence-corrected chi connectivity index (χ2v) is 2.97. The summed E-state index contributed by atoms with van der Waals surface area (Å²) in [4.78, 5) is 10.7. The van der Waals surface area contributed by atoms with Crippen LogP contribution in [0.5, 0.6) is 17.2 Å². The number of carbonyl (C=O) groups is 1. The summed E-state index contributed by atoms with van der Waals surface area (Å²) >= 11 is 0. The van der Waals surface area contributed by atoms with E-state index < -0.39 is 0 Å². The highest BCUT2D eigenvalue weighted by Crippen LogP contribution is 2.38. The first-order valence-electron chi connectivity index (χ1n) is 4.71. The summed E-state index contributed by atoms with van der Waals surface area (Å²) < 4.78 is 15.7. The Morgan fingerprint density at radius 1 is 1.25 bits per heavy atom. The van der Waals surface area contributed by atoms with Gasteiger partial charge in [-0.15, -0.1) is 0 Å². The molecule has 16 heavy (non-hydrogen) atoms. The molecule has 4 heteroatoms. The van der Waals surface area contributed by atoms with Gasteiger partial charge >= 0.3 is 0 Å². The third kappa shape index (κ3) is 2.53. The Labute approximate surface area is 94.4 Å². The number of ether oxygens (including phenoxy) is 3. The Hall–Kier alpha value is -1.97. The number of hydrogen-bond acceptors (Lipinski definition) is 4. The van der Waals surface area contributed by atoms with Crippen LogP contribution in [-0.4, -0.2) is 27.1 Å². The largest absolute Gasteiger partial charge is 0.493 e. The molecule has 0 saturated heterocycles. The van der Waals surface area contributed by atoms with Crippen LogP contribution < -0.4 is 14.2 Å². The van der Waals surface area contributed by atoms with Gasteiger partial charge < -0.3 is 14.2 Å². The van der Waals surface area contributed by atoms with E-state index in [1.54, 1.807) is 18.2 Å². The minimum atomic E-state index is 0.340. The molecule has 0 spiro atoms. The Bertz CT molecular complexity index is 360. The van der Waals surface area contributed by atoms with Crippen LogP contribution in [0.1, 0.15) is 10.4 Å². The van der Waals surface area contributed by atoms with Crippen molar-refractivity contribution < 1.29 is 19.0 Å². The van der Waals surface area contributed by atoms with Gasteiger partial charge in [0.2, 0.25) is 5.75 Å². The highest BCUT2D eigenvalue weighted by atomic mass is 16.5. The highest BCUT2D eigenvalue weighted by molar-refractivity contribution is 5.78. The molecule has 1 rings (SSSR count). The van der Waals surface area contributed by atoms with E-state index in [9.17, 15) is 4.79 Å². The molecule has 1 aromatic carbocycles. The van der Waals surface area contributed by atoms with Gasteiger partial charge in [-0.1, -0.05) is 12.7 Å². The molecule has 0 unspecified atom stereocenters. The highest BCUT2D eigenvalue weighted by Gasteiger charge is 2.13. The molecule has 86 valence electrons. The SMILES string of the molecule is C=CCOc1c(OC)cc(C=O)cc1OC. The molecule has 1 aromatic rings. The molecule has 4 nitrogen and oxygen atoms in total. The third-order valence-corrected chi connectivity index (χ3v) is 1.96. The van der Waals surface area contributed by atoms with Crippen LogP contribution in [0.2, 0.25) is 0 Å². The predicted molar refractivity (Wildman–Crippen MR) is 60.6 cm³/mol. The summed E-state index contributed by atoms with van der Waals surface area (Å²) in [5.74, 6) is 1.39. The van der Waals surface area contributed by atoms with E-state index in [2.05, 4.69) is 6.58 Å². The molecule has 0 N–H and O–H groups in total. The van der Waals surface area contributed by atoms with Gasteiger partial charge in [0.05, 0.1) is 14.2 Å². The molecular weight excluding hydrogens is 208 g/mol. The van der Waals surface area contributed by atoms with Crippen molar-refractivity contribution >= 4 is 6.29 Å². The molecule has 0 saturated carbocycles. The summed E-state index contributed by atoms with van der Waals surface area (Å²) in [6, 6.07) is 3.18. The van der Waals surface area contributed by atoms with Crippen LogP contribution in [0.15, 0.2) is 24.8 Å². The Kier molecular flexibility index (Phi) is 4.39. The lowest BCUT2D eigenvalue weighted by Crippen LogP contribution is -2.00. The van der Waals surface area contributed by atoms with Crippen molar-refractivity contribution in [1.82, 2.24) is 0 Å². The van der Waals surface area contributed by atoms with Gasteiger partial charge in [-0.3, -0.25) is 4.79 Å². The van der Waals surface area contributed by atoms with E-state index in [1.807, 2.05) is 0 Å². The minimum Gasteiger partial charge on any atom is -0.493 e. The molecule has 0 aliphatic rings. The monoisotopic (exact) mass is 222 g/mol. The first kappa shape index (κ1) is 12.1. The van der Waals surface area contributed by atoms with E-state index in [4.69, 9.17) is 14.2 Å². The van der Waals surface area contributed by atoms with Crippen molar-refractivity contribution in [3.05, 3.63) is 30.4 Å². The van der Waals surface area contributed by atoms with Crippen LogP contribution in [0, 0.1) is 0 Å². The Morgan fingerprint density at radius 2 is 1.81 bits per heavy atom. The summed E-state index contributed by atoms with van der Waals surface area (Å²) in [6.45, 7) is 3.90. The van der Waals surface area contributed by atoms with E-state index >= 15 is 0 Å². The number of rotatable bonds is 6. The topological polar surface area (TPSA) is 44.8 Å². The number of carbonyl (C=O) groups excluding carboxylic acids is 1. The van der Waals surface area contributed by atoms with Gasteiger partial charge in [0.15, 0.2) is 11.5 Å². The second-order valence-electron chi connectivity index (χ2n) is 2.97. The molecule has 0 heterocycles. The van der Waals surface area contributed by atoms with Crippen LogP contribution >= 0.6 is 0 Å². The van der Waals surface area contributed by atoms with E-state index in [0.29, 0.717) is 29.4 Å². The quantitative estimate of drug-likeness (QED) is 0.546. The normalized spacial score (nSPS) is 9.38. The fourth-order valence-corrected chi connectivity index (χ4v) is 1.25. The summed E-state index contributed by atoms with van der Waals surface area (Å²) in [6.07, 6.45) is 2.34. The molecule has 0 radical (unpaired) electrons. The maximum atomic E-state index is 10.7. The van der Waals surface area contributed by atoms with Crippen molar-refractivity contribution in [2.75, 3.05) is 20.8 Å². The van der Waals surface area contributed by atoms with Gasteiger partial charge in [0, 0.05) is 5.56 Å². The first-order valence-corrected chi connectivity index (χ1v) is 4.71. The van der Waals surface area contributed by atoms with Crippen LogP contribution in [0.25, 0.3) is 0 Å². The Balaban J connectivity index is 3.19. The standard InChI is InChI=1S/C12H14O4/c1-4-5-16-12-10(14-2)6-9(8-13)7-11(12)15-3/h4,6-8H,1,5H2,2-3H3. The molecule has 0 aliphatic carbocycles. The lowest BCUT2D eigenvalue weighted by molar-refractivity contribution is 0.112. The van der Waals surface area contributed by atoms with Crippen LogP contribution in [0.4, 0.5) is 0 Å². The Morgan fingerprint density at radius 3 is 2.19 bits per heavy atom. The molecule has 0 atom stereocenters. The molecule has 0 bridgehead atoms. The molecule has 0 aromatic heterocycles. The van der Waals surface area contributed by atoms with Gasteiger partial charge in [-0.05, 0) is 12.1 Å². The molecule has 0 fully saturated rings. The van der Waals surface area contributed by atoms with Gasteiger partial charge in [0.25, 0.3) is 0 Å².